The van der Waals surface area contributed by atoms with Gasteiger partial charge in [-0.25, -0.2) is 0 Å². The summed E-state index contributed by atoms with van der Waals surface area (Å²) in [4.78, 5) is 14.7. The quantitative estimate of drug-likeness (QED) is 0.315. The Bertz CT molecular complexity index is 1200. The molecule has 0 saturated carbocycles. The third-order valence-corrected chi connectivity index (χ3v) is 6.70. The summed E-state index contributed by atoms with van der Waals surface area (Å²) < 4.78 is 11.2. The number of piperidine rings is 1. The molecule has 1 fully saturated rings. The summed E-state index contributed by atoms with van der Waals surface area (Å²) >= 11 is 13.1. The van der Waals surface area contributed by atoms with Crippen LogP contribution in [0.3, 0.4) is 0 Å². The Balaban J connectivity index is 1.36. The molecule has 1 aliphatic heterocycles. The van der Waals surface area contributed by atoms with Crippen molar-refractivity contribution in [3.63, 3.8) is 0 Å². The van der Waals surface area contributed by atoms with Crippen LogP contribution < -0.4 is 25.0 Å². The predicted molar refractivity (Wildman–Crippen MR) is 148 cm³/mol. The van der Waals surface area contributed by atoms with Crippen LogP contribution in [-0.2, 0) is 11.3 Å². The van der Waals surface area contributed by atoms with Gasteiger partial charge in [0.1, 0.15) is 0 Å². The molecule has 0 radical (unpaired) electrons. The zero-order valence-corrected chi connectivity index (χ0v) is 22.1. The molecule has 1 heterocycles. The Labute approximate surface area is 222 Å². The first-order valence-electron chi connectivity index (χ1n) is 12.1. The van der Waals surface area contributed by atoms with Crippen LogP contribution in [0, 0.1) is 6.92 Å². The van der Waals surface area contributed by atoms with Crippen LogP contribution in [0.2, 0.25) is 10.0 Å². The lowest BCUT2D eigenvalue weighted by atomic mass is 10.1. The molecule has 3 aromatic rings. The van der Waals surface area contributed by atoms with E-state index in [2.05, 4.69) is 21.6 Å². The average Bonchev–Trinajstić information content (AvgIpc) is 2.88. The number of nitrogens with one attached hydrogen (secondary N) is 2. The van der Waals surface area contributed by atoms with E-state index in [1.54, 1.807) is 13.2 Å². The van der Waals surface area contributed by atoms with Gasteiger partial charge in [-0.15, -0.1) is 0 Å². The van der Waals surface area contributed by atoms with E-state index < -0.39 is 0 Å². The van der Waals surface area contributed by atoms with Crippen molar-refractivity contribution in [2.45, 2.75) is 32.7 Å². The van der Waals surface area contributed by atoms with Gasteiger partial charge in [-0.2, -0.15) is 0 Å². The highest BCUT2D eigenvalue weighted by Crippen LogP contribution is 2.37. The second-order valence-electron chi connectivity index (χ2n) is 8.88. The molecule has 4 rings (SSSR count). The molecule has 0 unspecified atom stereocenters. The standard InChI is InChI=1S/C28H31Cl2N3O3/c1-19-6-8-21(9-7-19)32-27(34)18-36-28-24(30)14-20(15-26(28)35-2)17-31-22-10-11-25(23(29)16-22)33-12-4-3-5-13-33/h6-11,14-16,31H,3-5,12-13,17-18H2,1-2H3,(H,32,34). The first-order chi connectivity index (χ1) is 17.4. The van der Waals surface area contributed by atoms with Crippen molar-refractivity contribution in [1.29, 1.82) is 0 Å². The van der Waals surface area contributed by atoms with E-state index in [4.69, 9.17) is 32.7 Å². The third-order valence-electron chi connectivity index (χ3n) is 6.11. The summed E-state index contributed by atoms with van der Waals surface area (Å²) in [6.45, 7) is 4.41. The molecule has 36 heavy (non-hydrogen) atoms. The molecule has 1 saturated heterocycles. The van der Waals surface area contributed by atoms with Gasteiger partial charge in [0.2, 0.25) is 0 Å². The van der Waals surface area contributed by atoms with Gasteiger partial charge < -0.3 is 25.0 Å². The van der Waals surface area contributed by atoms with Gasteiger partial charge >= 0.3 is 0 Å². The number of amides is 1. The smallest absolute Gasteiger partial charge is 0.262 e. The van der Waals surface area contributed by atoms with Gasteiger partial charge in [0.15, 0.2) is 18.1 Å². The highest BCUT2D eigenvalue weighted by molar-refractivity contribution is 6.33. The van der Waals surface area contributed by atoms with Crippen LogP contribution in [0.4, 0.5) is 17.1 Å². The fourth-order valence-corrected chi connectivity index (χ4v) is 4.79. The van der Waals surface area contributed by atoms with Crippen LogP contribution in [0.1, 0.15) is 30.4 Å². The zero-order chi connectivity index (χ0) is 25.5. The highest BCUT2D eigenvalue weighted by Gasteiger charge is 2.16. The molecule has 0 aliphatic carbocycles. The van der Waals surface area contributed by atoms with Gasteiger partial charge in [0.25, 0.3) is 5.91 Å². The number of hydrogen-bond acceptors (Lipinski definition) is 5. The van der Waals surface area contributed by atoms with E-state index in [-0.39, 0.29) is 12.5 Å². The maximum atomic E-state index is 12.3. The van der Waals surface area contributed by atoms with Crippen molar-refractivity contribution in [2.24, 2.45) is 0 Å². The molecule has 0 spiro atoms. The number of aryl methyl sites for hydroxylation is 1. The molecule has 0 atom stereocenters. The van der Waals surface area contributed by atoms with Crippen molar-refractivity contribution >= 4 is 46.2 Å². The van der Waals surface area contributed by atoms with E-state index >= 15 is 0 Å². The molecule has 190 valence electrons. The number of carbonyl (C=O) groups is 1. The minimum absolute atomic E-state index is 0.191. The number of rotatable bonds is 9. The van der Waals surface area contributed by atoms with Crippen LogP contribution in [0.25, 0.3) is 0 Å². The number of benzene rings is 3. The normalized spacial score (nSPS) is 13.3. The first kappa shape index (κ1) is 26.0. The summed E-state index contributed by atoms with van der Waals surface area (Å²) in [5.74, 6) is 0.504. The van der Waals surface area contributed by atoms with Crippen LogP contribution in [0.15, 0.2) is 54.6 Å². The monoisotopic (exact) mass is 527 g/mol. The summed E-state index contributed by atoms with van der Waals surface area (Å²) in [6.07, 6.45) is 3.69. The number of anilines is 3. The number of ether oxygens (including phenoxy) is 2. The Morgan fingerprint density at radius 3 is 2.36 bits per heavy atom. The second kappa shape index (κ2) is 12.2. The van der Waals surface area contributed by atoms with Crippen molar-refractivity contribution in [3.8, 4) is 11.5 Å². The van der Waals surface area contributed by atoms with Crippen molar-refractivity contribution < 1.29 is 14.3 Å². The maximum absolute atomic E-state index is 12.3. The lowest BCUT2D eigenvalue weighted by molar-refractivity contribution is -0.118. The van der Waals surface area contributed by atoms with Gasteiger partial charge in [-0.1, -0.05) is 40.9 Å². The predicted octanol–water partition coefficient (Wildman–Crippen LogP) is 6.93. The minimum atomic E-state index is -0.285. The van der Waals surface area contributed by atoms with Gasteiger partial charge in [0, 0.05) is 31.0 Å². The molecule has 0 bridgehead atoms. The lowest BCUT2D eigenvalue weighted by Gasteiger charge is -2.29. The molecular formula is C28H31Cl2N3O3. The number of nitrogens with zero attached hydrogens (tertiary/aromatic N) is 1. The van der Waals surface area contributed by atoms with Gasteiger partial charge in [-0.05, 0) is 74.2 Å². The summed E-state index contributed by atoms with van der Waals surface area (Å²) in [7, 11) is 1.54. The molecule has 6 nitrogen and oxygen atoms in total. The van der Waals surface area contributed by atoms with Crippen LogP contribution in [0.5, 0.6) is 11.5 Å². The highest BCUT2D eigenvalue weighted by atomic mass is 35.5. The molecule has 3 aromatic carbocycles. The summed E-state index contributed by atoms with van der Waals surface area (Å²) in [6, 6.07) is 17.3. The largest absolute Gasteiger partial charge is 0.493 e. The number of hydrogen-bond donors (Lipinski definition) is 2. The Morgan fingerprint density at radius 1 is 0.944 bits per heavy atom. The number of halogens is 2. The number of carbonyl (C=O) groups excluding carboxylic acids is 1. The topological polar surface area (TPSA) is 62.8 Å². The molecule has 2 N–H and O–H groups in total. The summed E-state index contributed by atoms with van der Waals surface area (Å²) in [5, 5.41) is 7.30. The SMILES string of the molecule is COc1cc(CNc2ccc(N3CCCCC3)c(Cl)c2)cc(Cl)c1OCC(=O)Nc1ccc(C)cc1. The minimum Gasteiger partial charge on any atom is -0.493 e. The average molecular weight is 528 g/mol. The Morgan fingerprint density at radius 2 is 1.67 bits per heavy atom. The molecule has 1 amide bonds. The van der Waals surface area contributed by atoms with Crippen LogP contribution >= 0.6 is 23.2 Å². The molecular weight excluding hydrogens is 497 g/mol. The van der Waals surface area contributed by atoms with Crippen LogP contribution in [-0.4, -0.2) is 32.7 Å². The lowest BCUT2D eigenvalue weighted by Crippen LogP contribution is -2.29. The fraction of sp³-hybridized carbons (Fsp3) is 0.321. The first-order valence-corrected chi connectivity index (χ1v) is 12.8. The van der Waals surface area contributed by atoms with E-state index in [0.717, 1.165) is 40.6 Å². The van der Waals surface area contributed by atoms with Gasteiger partial charge in [0.05, 0.1) is 22.8 Å². The van der Waals surface area contributed by atoms with Crippen molar-refractivity contribution in [1.82, 2.24) is 0 Å². The van der Waals surface area contributed by atoms with E-state index in [9.17, 15) is 4.79 Å². The van der Waals surface area contributed by atoms with Crippen molar-refractivity contribution in [3.05, 3.63) is 75.8 Å². The van der Waals surface area contributed by atoms with E-state index in [1.807, 2.05) is 49.4 Å². The third kappa shape index (κ3) is 6.77. The zero-order valence-electron chi connectivity index (χ0n) is 20.6. The number of methoxy groups -OCH3 is 1. The Kier molecular flexibility index (Phi) is 8.83. The van der Waals surface area contributed by atoms with E-state index in [0.29, 0.717) is 28.8 Å². The maximum Gasteiger partial charge on any atom is 0.262 e. The fourth-order valence-electron chi connectivity index (χ4n) is 4.20. The van der Waals surface area contributed by atoms with Crippen molar-refractivity contribution in [2.75, 3.05) is 42.3 Å². The van der Waals surface area contributed by atoms with Gasteiger partial charge in [-0.3, -0.25) is 4.79 Å². The Hall–Kier alpha value is -3.09. The molecule has 8 heteroatoms. The molecule has 0 aromatic heterocycles. The van der Waals surface area contributed by atoms with E-state index in [1.165, 1.54) is 19.3 Å². The second-order valence-corrected chi connectivity index (χ2v) is 9.69. The summed E-state index contributed by atoms with van der Waals surface area (Å²) in [5.41, 5.74) is 4.73. The molecule has 1 aliphatic rings.